The quantitative estimate of drug-likeness (QED) is 0.764. The molecule has 1 saturated carbocycles. The first kappa shape index (κ1) is 19.5. The number of hydrogen-bond donors (Lipinski definition) is 3. The Morgan fingerprint density at radius 2 is 1.96 bits per heavy atom. The van der Waals surface area contributed by atoms with Crippen molar-refractivity contribution in [3.63, 3.8) is 0 Å². The standard InChI is InChI=1S/C17H25N3O2.ClH/c1-12(16(21)19-11-13-6-3-2-4-7-13)20-17(22)14-8-5-9-15(18)10-14;/h2-4,6-7,12,14-15H,5,8-11,18H2,1H3,(H,19,21)(H,20,22);1H. The van der Waals surface area contributed by atoms with Crippen LogP contribution in [0.4, 0.5) is 0 Å². The number of nitrogens with one attached hydrogen (secondary N) is 2. The van der Waals surface area contributed by atoms with Crippen LogP contribution in [0.25, 0.3) is 0 Å². The normalized spacial score (nSPS) is 21.7. The number of carbonyl (C=O) groups excluding carboxylic acids is 2. The van der Waals surface area contributed by atoms with Crippen LogP contribution in [0.3, 0.4) is 0 Å². The molecule has 0 radical (unpaired) electrons. The minimum absolute atomic E-state index is 0. The highest BCUT2D eigenvalue weighted by molar-refractivity contribution is 5.88. The van der Waals surface area contributed by atoms with Crippen LogP contribution >= 0.6 is 12.4 Å². The summed E-state index contributed by atoms with van der Waals surface area (Å²) in [4.78, 5) is 24.2. The first-order chi connectivity index (χ1) is 10.6. The van der Waals surface area contributed by atoms with Crippen molar-refractivity contribution in [3.8, 4) is 0 Å². The summed E-state index contributed by atoms with van der Waals surface area (Å²) in [5.41, 5.74) is 6.94. The Kier molecular flexibility index (Phi) is 8.06. The van der Waals surface area contributed by atoms with E-state index in [4.69, 9.17) is 5.73 Å². The number of carbonyl (C=O) groups is 2. The van der Waals surface area contributed by atoms with Gasteiger partial charge in [0.25, 0.3) is 0 Å². The van der Waals surface area contributed by atoms with E-state index in [0.29, 0.717) is 13.0 Å². The number of amides is 2. The van der Waals surface area contributed by atoms with Crippen LogP contribution in [-0.2, 0) is 16.1 Å². The van der Waals surface area contributed by atoms with Crippen molar-refractivity contribution in [3.05, 3.63) is 35.9 Å². The van der Waals surface area contributed by atoms with Gasteiger partial charge >= 0.3 is 0 Å². The average molecular weight is 340 g/mol. The zero-order chi connectivity index (χ0) is 15.9. The van der Waals surface area contributed by atoms with Gasteiger partial charge in [-0.3, -0.25) is 9.59 Å². The first-order valence-corrected chi connectivity index (χ1v) is 7.94. The minimum Gasteiger partial charge on any atom is -0.350 e. The first-order valence-electron chi connectivity index (χ1n) is 7.94. The minimum atomic E-state index is -0.533. The van der Waals surface area contributed by atoms with E-state index < -0.39 is 6.04 Å². The maximum atomic E-state index is 12.2. The average Bonchev–Trinajstić information content (AvgIpc) is 2.53. The van der Waals surface area contributed by atoms with Gasteiger partial charge in [-0.25, -0.2) is 0 Å². The van der Waals surface area contributed by atoms with E-state index in [9.17, 15) is 9.59 Å². The lowest BCUT2D eigenvalue weighted by atomic mass is 9.85. The van der Waals surface area contributed by atoms with Crippen molar-refractivity contribution in [1.82, 2.24) is 10.6 Å². The van der Waals surface area contributed by atoms with Crippen LogP contribution in [0, 0.1) is 5.92 Å². The third kappa shape index (κ3) is 6.20. The van der Waals surface area contributed by atoms with Gasteiger partial charge in [0.2, 0.25) is 11.8 Å². The molecule has 4 N–H and O–H groups in total. The molecule has 5 nitrogen and oxygen atoms in total. The number of hydrogen-bond acceptors (Lipinski definition) is 3. The Balaban J connectivity index is 0.00000264. The van der Waals surface area contributed by atoms with Crippen molar-refractivity contribution in [2.75, 3.05) is 0 Å². The topological polar surface area (TPSA) is 84.2 Å². The van der Waals surface area contributed by atoms with Gasteiger partial charge in [0, 0.05) is 18.5 Å². The predicted molar refractivity (Wildman–Crippen MR) is 93.1 cm³/mol. The van der Waals surface area contributed by atoms with E-state index in [1.165, 1.54) is 0 Å². The monoisotopic (exact) mass is 339 g/mol. The molecule has 1 fully saturated rings. The summed E-state index contributed by atoms with van der Waals surface area (Å²) in [6.45, 7) is 2.18. The molecule has 23 heavy (non-hydrogen) atoms. The summed E-state index contributed by atoms with van der Waals surface area (Å²) in [5.74, 6) is -0.289. The summed E-state index contributed by atoms with van der Waals surface area (Å²) >= 11 is 0. The fraction of sp³-hybridized carbons (Fsp3) is 0.529. The molecule has 0 aromatic heterocycles. The van der Waals surface area contributed by atoms with Crippen LogP contribution in [0.1, 0.15) is 38.2 Å². The molecule has 1 aromatic carbocycles. The lowest BCUT2D eigenvalue weighted by Gasteiger charge is -2.26. The molecule has 0 spiro atoms. The van der Waals surface area contributed by atoms with E-state index in [1.807, 2.05) is 30.3 Å². The third-order valence-electron chi connectivity index (χ3n) is 4.15. The molecule has 2 amide bonds. The van der Waals surface area contributed by atoms with E-state index in [1.54, 1.807) is 6.92 Å². The summed E-state index contributed by atoms with van der Waals surface area (Å²) < 4.78 is 0. The molecule has 128 valence electrons. The van der Waals surface area contributed by atoms with E-state index in [0.717, 1.165) is 24.8 Å². The van der Waals surface area contributed by atoms with E-state index in [2.05, 4.69) is 10.6 Å². The van der Waals surface area contributed by atoms with Gasteiger partial charge in [-0.2, -0.15) is 0 Å². The highest BCUT2D eigenvalue weighted by Crippen LogP contribution is 2.23. The molecular weight excluding hydrogens is 314 g/mol. The van der Waals surface area contributed by atoms with Crippen LogP contribution in [0.2, 0.25) is 0 Å². The van der Waals surface area contributed by atoms with Crippen LogP contribution in [-0.4, -0.2) is 23.9 Å². The van der Waals surface area contributed by atoms with Crippen LogP contribution < -0.4 is 16.4 Å². The SMILES string of the molecule is CC(NC(=O)C1CCCC(N)C1)C(=O)NCc1ccccc1.Cl. The Morgan fingerprint density at radius 3 is 2.61 bits per heavy atom. The maximum absolute atomic E-state index is 12.2. The molecule has 0 saturated heterocycles. The summed E-state index contributed by atoms with van der Waals surface area (Å²) in [7, 11) is 0. The van der Waals surface area contributed by atoms with Crippen LogP contribution in [0.15, 0.2) is 30.3 Å². The number of halogens is 1. The predicted octanol–water partition coefficient (Wildman–Crippen LogP) is 1.75. The Hall–Kier alpha value is -1.59. The zero-order valence-electron chi connectivity index (χ0n) is 13.5. The van der Waals surface area contributed by atoms with Gasteiger partial charge < -0.3 is 16.4 Å². The zero-order valence-corrected chi connectivity index (χ0v) is 14.3. The number of rotatable bonds is 5. The van der Waals surface area contributed by atoms with Gasteiger partial charge in [0.1, 0.15) is 6.04 Å². The van der Waals surface area contributed by atoms with Crippen molar-refractivity contribution in [2.24, 2.45) is 11.7 Å². The smallest absolute Gasteiger partial charge is 0.242 e. The van der Waals surface area contributed by atoms with Crippen LogP contribution in [0.5, 0.6) is 0 Å². The largest absolute Gasteiger partial charge is 0.350 e. The molecule has 0 bridgehead atoms. The highest BCUT2D eigenvalue weighted by atomic mass is 35.5. The molecular formula is C17H26ClN3O2. The third-order valence-corrected chi connectivity index (χ3v) is 4.15. The lowest BCUT2D eigenvalue weighted by Crippen LogP contribution is -2.47. The number of nitrogens with two attached hydrogens (primary N) is 1. The fourth-order valence-corrected chi connectivity index (χ4v) is 2.80. The molecule has 0 heterocycles. The van der Waals surface area contributed by atoms with Crippen molar-refractivity contribution < 1.29 is 9.59 Å². The van der Waals surface area contributed by atoms with Gasteiger partial charge in [-0.1, -0.05) is 36.8 Å². The Morgan fingerprint density at radius 1 is 1.26 bits per heavy atom. The number of benzene rings is 1. The highest BCUT2D eigenvalue weighted by Gasteiger charge is 2.27. The van der Waals surface area contributed by atoms with Gasteiger partial charge in [0.05, 0.1) is 0 Å². The van der Waals surface area contributed by atoms with Gasteiger partial charge in [0.15, 0.2) is 0 Å². The molecule has 3 unspecified atom stereocenters. The summed E-state index contributed by atoms with van der Waals surface area (Å²) in [6.07, 6.45) is 3.53. The van der Waals surface area contributed by atoms with E-state index in [-0.39, 0.29) is 36.2 Å². The molecule has 2 rings (SSSR count). The van der Waals surface area contributed by atoms with Crippen molar-refractivity contribution in [2.45, 2.75) is 51.2 Å². The molecule has 3 atom stereocenters. The second-order valence-corrected chi connectivity index (χ2v) is 6.06. The fourth-order valence-electron chi connectivity index (χ4n) is 2.80. The van der Waals surface area contributed by atoms with Gasteiger partial charge in [-0.05, 0) is 31.7 Å². The van der Waals surface area contributed by atoms with Gasteiger partial charge in [-0.15, -0.1) is 12.4 Å². The molecule has 6 heteroatoms. The van der Waals surface area contributed by atoms with Crippen molar-refractivity contribution >= 4 is 24.2 Å². The second kappa shape index (κ2) is 9.53. The Labute approximate surface area is 143 Å². The lowest BCUT2D eigenvalue weighted by molar-refractivity contribution is -0.131. The molecule has 1 aromatic rings. The molecule has 1 aliphatic carbocycles. The van der Waals surface area contributed by atoms with E-state index >= 15 is 0 Å². The van der Waals surface area contributed by atoms with Crippen molar-refractivity contribution in [1.29, 1.82) is 0 Å². The molecule has 1 aliphatic rings. The summed E-state index contributed by atoms with van der Waals surface area (Å²) in [6, 6.07) is 9.27. The second-order valence-electron chi connectivity index (χ2n) is 6.06. The maximum Gasteiger partial charge on any atom is 0.242 e. The molecule has 0 aliphatic heterocycles. The summed E-state index contributed by atoms with van der Waals surface area (Å²) in [5, 5.41) is 5.64. The Bertz CT molecular complexity index is 510.